The Bertz CT molecular complexity index is 597. The van der Waals surface area contributed by atoms with Gasteiger partial charge in [0.05, 0.1) is 5.56 Å². The van der Waals surface area contributed by atoms with Gasteiger partial charge in [0.1, 0.15) is 10.7 Å². The molecule has 1 atom stereocenters. The van der Waals surface area contributed by atoms with Gasteiger partial charge in [-0.15, -0.1) is 0 Å². The monoisotopic (exact) mass is 305 g/mol. The number of halogens is 1. The molecule has 1 aromatic carbocycles. The standard InChI is InChI=1S/C11H12FNO4S2/c12-9-5-7(11(14)15)1-2-10(9)19(16,17)13-8-3-4-18-6-8/h1-2,5,8,13H,3-4,6H2,(H,14,15). The van der Waals surface area contributed by atoms with Gasteiger partial charge in [-0.2, -0.15) is 11.8 Å². The Hall–Kier alpha value is -1.12. The van der Waals surface area contributed by atoms with Crippen LogP contribution < -0.4 is 4.72 Å². The Morgan fingerprint density at radius 1 is 1.47 bits per heavy atom. The molecule has 2 rings (SSSR count). The molecular weight excluding hydrogens is 293 g/mol. The van der Waals surface area contributed by atoms with E-state index in [4.69, 9.17) is 5.11 Å². The van der Waals surface area contributed by atoms with Gasteiger partial charge in [0.25, 0.3) is 0 Å². The largest absolute Gasteiger partial charge is 0.478 e. The maximum atomic E-state index is 13.7. The Labute approximate surface area is 114 Å². The molecule has 1 saturated heterocycles. The van der Waals surface area contributed by atoms with Crippen LogP contribution in [0.5, 0.6) is 0 Å². The molecule has 1 aliphatic heterocycles. The summed E-state index contributed by atoms with van der Waals surface area (Å²) in [5.74, 6) is -0.831. The summed E-state index contributed by atoms with van der Waals surface area (Å²) < 4.78 is 40.1. The number of nitrogens with one attached hydrogen (secondary N) is 1. The lowest BCUT2D eigenvalue weighted by atomic mass is 10.2. The maximum Gasteiger partial charge on any atom is 0.335 e. The van der Waals surface area contributed by atoms with Crippen LogP contribution in [0.2, 0.25) is 0 Å². The van der Waals surface area contributed by atoms with Gasteiger partial charge < -0.3 is 5.11 Å². The summed E-state index contributed by atoms with van der Waals surface area (Å²) >= 11 is 1.63. The van der Waals surface area contributed by atoms with Crippen molar-refractivity contribution in [2.75, 3.05) is 11.5 Å². The first-order chi connectivity index (χ1) is 8.90. The number of rotatable bonds is 4. The van der Waals surface area contributed by atoms with Crippen molar-refractivity contribution in [2.45, 2.75) is 17.4 Å². The molecule has 19 heavy (non-hydrogen) atoms. The lowest BCUT2D eigenvalue weighted by Gasteiger charge is -2.12. The number of carbonyl (C=O) groups is 1. The Morgan fingerprint density at radius 2 is 2.21 bits per heavy atom. The van der Waals surface area contributed by atoms with Crippen LogP contribution in [0.25, 0.3) is 0 Å². The fourth-order valence-electron chi connectivity index (χ4n) is 1.76. The molecule has 1 fully saturated rings. The zero-order valence-corrected chi connectivity index (χ0v) is 11.4. The van der Waals surface area contributed by atoms with Gasteiger partial charge in [0, 0.05) is 11.8 Å². The molecule has 8 heteroatoms. The summed E-state index contributed by atoms with van der Waals surface area (Å²) in [5, 5.41) is 8.70. The average Bonchev–Trinajstić information content (AvgIpc) is 2.80. The molecule has 1 aromatic rings. The van der Waals surface area contributed by atoms with Crippen LogP contribution in [0.3, 0.4) is 0 Å². The molecule has 0 aliphatic carbocycles. The Kier molecular flexibility index (Phi) is 4.12. The van der Waals surface area contributed by atoms with Gasteiger partial charge in [-0.3, -0.25) is 0 Å². The number of hydrogen-bond donors (Lipinski definition) is 2. The molecule has 0 radical (unpaired) electrons. The van der Waals surface area contributed by atoms with E-state index in [1.807, 2.05) is 0 Å². The molecule has 0 amide bonds. The highest BCUT2D eigenvalue weighted by atomic mass is 32.2. The molecule has 0 aromatic heterocycles. The highest BCUT2D eigenvalue weighted by Gasteiger charge is 2.26. The zero-order valence-electron chi connectivity index (χ0n) is 9.80. The molecule has 104 valence electrons. The lowest BCUT2D eigenvalue weighted by Crippen LogP contribution is -2.35. The second-order valence-electron chi connectivity index (χ2n) is 4.13. The van der Waals surface area contributed by atoms with E-state index in [-0.39, 0.29) is 11.6 Å². The lowest BCUT2D eigenvalue weighted by molar-refractivity contribution is 0.0696. The minimum Gasteiger partial charge on any atom is -0.478 e. The van der Waals surface area contributed by atoms with Crippen LogP contribution >= 0.6 is 11.8 Å². The van der Waals surface area contributed by atoms with Crippen LogP contribution in [0, 0.1) is 5.82 Å². The smallest absolute Gasteiger partial charge is 0.335 e. The predicted octanol–water partition coefficient (Wildman–Crippen LogP) is 1.31. The molecule has 5 nitrogen and oxygen atoms in total. The molecule has 2 N–H and O–H groups in total. The topological polar surface area (TPSA) is 83.5 Å². The van der Waals surface area contributed by atoms with Gasteiger partial charge in [0.2, 0.25) is 10.0 Å². The summed E-state index contributed by atoms with van der Waals surface area (Å²) in [7, 11) is -3.95. The normalized spacial score (nSPS) is 19.5. The summed E-state index contributed by atoms with van der Waals surface area (Å²) in [5.41, 5.74) is -0.284. The number of thioether (sulfide) groups is 1. The van der Waals surface area contributed by atoms with Crippen molar-refractivity contribution >= 4 is 27.8 Å². The van der Waals surface area contributed by atoms with Gasteiger partial charge in [-0.1, -0.05) is 0 Å². The van der Waals surface area contributed by atoms with Crippen LogP contribution in [0.15, 0.2) is 23.1 Å². The summed E-state index contributed by atoms with van der Waals surface area (Å²) in [6, 6.07) is 2.56. The first-order valence-electron chi connectivity index (χ1n) is 5.53. The van der Waals surface area contributed by atoms with E-state index in [9.17, 15) is 17.6 Å². The van der Waals surface area contributed by atoms with Gasteiger partial charge in [-0.25, -0.2) is 22.3 Å². The van der Waals surface area contributed by atoms with E-state index in [0.717, 1.165) is 17.9 Å². The van der Waals surface area contributed by atoms with Gasteiger partial charge in [-0.05, 0) is 30.4 Å². The first kappa shape index (κ1) is 14.3. The van der Waals surface area contributed by atoms with Crippen LogP contribution in [-0.2, 0) is 10.0 Å². The molecule has 1 aliphatic rings. The molecule has 0 saturated carbocycles. The molecule has 0 bridgehead atoms. The highest BCUT2D eigenvalue weighted by Crippen LogP contribution is 2.21. The van der Waals surface area contributed by atoms with E-state index in [1.165, 1.54) is 0 Å². The SMILES string of the molecule is O=C(O)c1ccc(S(=O)(=O)NC2CCSC2)c(F)c1. The average molecular weight is 305 g/mol. The second kappa shape index (κ2) is 5.48. The minimum atomic E-state index is -3.95. The Balaban J connectivity index is 2.27. The maximum absolute atomic E-state index is 13.7. The number of carboxylic acids is 1. The van der Waals surface area contributed by atoms with E-state index in [0.29, 0.717) is 18.2 Å². The number of aromatic carboxylic acids is 1. The summed E-state index contributed by atoms with van der Waals surface area (Å²) in [6.45, 7) is 0. The fraction of sp³-hybridized carbons (Fsp3) is 0.364. The first-order valence-corrected chi connectivity index (χ1v) is 8.17. The van der Waals surface area contributed by atoms with Crippen molar-refractivity contribution < 1.29 is 22.7 Å². The Morgan fingerprint density at radius 3 is 2.74 bits per heavy atom. The number of sulfonamides is 1. The quantitative estimate of drug-likeness (QED) is 0.876. The van der Waals surface area contributed by atoms with E-state index < -0.39 is 26.7 Å². The van der Waals surface area contributed by atoms with Crippen molar-refractivity contribution in [1.82, 2.24) is 4.72 Å². The van der Waals surface area contributed by atoms with Crippen molar-refractivity contribution in [3.05, 3.63) is 29.6 Å². The second-order valence-corrected chi connectivity index (χ2v) is 6.96. The summed E-state index contributed by atoms with van der Waals surface area (Å²) in [6.07, 6.45) is 0.707. The predicted molar refractivity (Wildman–Crippen MR) is 69.4 cm³/mol. The summed E-state index contributed by atoms with van der Waals surface area (Å²) in [4.78, 5) is 10.1. The third-order valence-electron chi connectivity index (χ3n) is 2.72. The van der Waals surface area contributed by atoms with Crippen molar-refractivity contribution in [3.63, 3.8) is 0 Å². The van der Waals surface area contributed by atoms with E-state index >= 15 is 0 Å². The third-order valence-corrected chi connectivity index (χ3v) is 5.44. The number of benzene rings is 1. The van der Waals surface area contributed by atoms with E-state index in [2.05, 4.69) is 4.72 Å². The number of hydrogen-bond acceptors (Lipinski definition) is 4. The van der Waals surface area contributed by atoms with Crippen molar-refractivity contribution in [3.8, 4) is 0 Å². The molecular formula is C11H12FNO4S2. The third kappa shape index (κ3) is 3.26. The van der Waals surface area contributed by atoms with Crippen molar-refractivity contribution in [1.29, 1.82) is 0 Å². The van der Waals surface area contributed by atoms with Crippen LogP contribution in [-0.4, -0.2) is 37.0 Å². The van der Waals surface area contributed by atoms with E-state index in [1.54, 1.807) is 11.8 Å². The van der Waals surface area contributed by atoms with Crippen LogP contribution in [0.1, 0.15) is 16.8 Å². The minimum absolute atomic E-state index is 0.200. The van der Waals surface area contributed by atoms with Gasteiger partial charge >= 0.3 is 5.97 Å². The van der Waals surface area contributed by atoms with Crippen molar-refractivity contribution in [2.24, 2.45) is 0 Å². The molecule has 1 unspecified atom stereocenters. The highest BCUT2D eigenvalue weighted by molar-refractivity contribution is 7.99. The van der Waals surface area contributed by atoms with Gasteiger partial charge in [0.15, 0.2) is 0 Å². The molecule has 0 spiro atoms. The number of carboxylic acid groups (broad SMARTS) is 1. The zero-order chi connectivity index (χ0) is 14.0. The molecule has 1 heterocycles. The fourth-order valence-corrected chi connectivity index (χ4v) is 4.35. The van der Waals surface area contributed by atoms with Crippen LogP contribution in [0.4, 0.5) is 4.39 Å².